The van der Waals surface area contributed by atoms with Gasteiger partial charge in [0, 0.05) is 6.54 Å². The minimum absolute atomic E-state index is 0.561. The van der Waals surface area contributed by atoms with Crippen molar-refractivity contribution < 1.29 is 4.74 Å². The van der Waals surface area contributed by atoms with Crippen LogP contribution in [0.1, 0.15) is 18.1 Å². The lowest BCUT2D eigenvalue weighted by Crippen LogP contribution is -1.95. The molecule has 0 aliphatic carbocycles. The highest BCUT2D eigenvalue weighted by atomic mass is 16.5. The minimum atomic E-state index is 0.561. The highest BCUT2D eigenvalue weighted by Crippen LogP contribution is 2.25. The Morgan fingerprint density at radius 3 is 2.35 bits per heavy atom. The highest BCUT2D eigenvalue weighted by Gasteiger charge is 2.02. The van der Waals surface area contributed by atoms with Crippen LogP contribution in [0.4, 0.5) is 0 Å². The summed E-state index contributed by atoms with van der Waals surface area (Å²) in [6.45, 7) is 2.69. The molecule has 0 aliphatic heterocycles. The van der Waals surface area contributed by atoms with Gasteiger partial charge in [0.15, 0.2) is 0 Å². The van der Waals surface area contributed by atoms with Crippen LogP contribution < -0.4 is 10.5 Å². The zero-order valence-corrected chi connectivity index (χ0v) is 10.0. The van der Waals surface area contributed by atoms with E-state index in [9.17, 15) is 0 Å². The summed E-state index contributed by atoms with van der Waals surface area (Å²) in [4.78, 5) is 0. The summed E-state index contributed by atoms with van der Waals surface area (Å²) in [7, 11) is 0. The van der Waals surface area contributed by atoms with Crippen LogP contribution in [0, 0.1) is 0 Å². The number of hydrogen-bond donors (Lipinski definition) is 1. The average molecular weight is 227 g/mol. The first-order valence-electron chi connectivity index (χ1n) is 5.88. The van der Waals surface area contributed by atoms with Crippen molar-refractivity contribution in [2.24, 2.45) is 5.73 Å². The number of benzene rings is 2. The molecule has 0 bridgehead atoms. The zero-order chi connectivity index (χ0) is 12.1. The molecule has 0 heterocycles. The summed E-state index contributed by atoms with van der Waals surface area (Å²) in [5, 5.41) is 0. The van der Waals surface area contributed by atoms with Crippen molar-refractivity contribution in [2.75, 3.05) is 0 Å². The van der Waals surface area contributed by atoms with E-state index in [4.69, 9.17) is 10.5 Å². The van der Waals surface area contributed by atoms with Gasteiger partial charge < -0.3 is 10.5 Å². The molecule has 0 atom stereocenters. The molecular formula is C15H17NO. The topological polar surface area (TPSA) is 35.2 Å². The normalized spacial score (nSPS) is 10.2. The summed E-state index contributed by atoms with van der Waals surface area (Å²) in [6, 6.07) is 16.0. The van der Waals surface area contributed by atoms with E-state index in [0.717, 1.165) is 23.5 Å². The Morgan fingerprint density at radius 2 is 1.71 bits per heavy atom. The molecule has 0 amide bonds. The van der Waals surface area contributed by atoms with Crippen molar-refractivity contribution >= 4 is 0 Å². The molecule has 0 aromatic heterocycles. The molecule has 2 aromatic rings. The maximum absolute atomic E-state index is 5.86. The van der Waals surface area contributed by atoms with Crippen LogP contribution in [-0.2, 0) is 13.0 Å². The minimum Gasteiger partial charge on any atom is -0.457 e. The summed E-state index contributed by atoms with van der Waals surface area (Å²) in [5.74, 6) is 1.78. The van der Waals surface area contributed by atoms with E-state index >= 15 is 0 Å². The number of para-hydroxylation sites is 1. The van der Waals surface area contributed by atoms with Gasteiger partial charge >= 0.3 is 0 Å². The Kier molecular flexibility index (Phi) is 3.78. The van der Waals surface area contributed by atoms with Crippen molar-refractivity contribution in [3.05, 3.63) is 59.7 Å². The lowest BCUT2D eigenvalue weighted by atomic mass is 10.1. The fourth-order valence-electron chi connectivity index (χ4n) is 1.72. The molecule has 0 fully saturated rings. The van der Waals surface area contributed by atoms with Gasteiger partial charge in [-0.1, -0.05) is 37.3 Å². The first-order chi connectivity index (χ1) is 8.33. The van der Waals surface area contributed by atoms with Gasteiger partial charge in [0.1, 0.15) is 11.5 Å². The molecule has 0 saturated carbocycles. The zero-order valence-electron chi connectivity index (χ0n) is 10.0. The van der Waals surface area contributed by atoms with E-state index in [-0.39, 0.29) is 0 Å². The molecule has 2 nitrogen and oxygen atoms in total. The van der Waals surface area contributed by atoms with E-state index in [1.54, 1.807) is 0 Å². The average Bonchev–Trinajstić information content (AvgIpc) is 2.40. The van der Waals surface area contributed by atoms with Gasteiger partial charge in [-0.2, -0.15) is 0 Å². The lowest BCUT2D eigenvalue weighted by molar-refractivity contribution is 0.476. The largest absolute Gasteiger partial charge is 0.457 e. The van der Waals surface area contributed by atoms with Gasteiger partial charge in [-0.05, 0) is 35.7 Å². The predicted octanol–water partition coefficient (Wildman–Crippen LogP) is 3.50. The molecule has 0 aliphatic rings. The maximum Gasteiger partial charge on any atom is 0.130 e. The molecule has 0 unspecified atom stereocenters. The van der Waals surface area contributed by atoms with Crippen LogP contribution in [0.15, 0.2) is 48.5 Å². The van der Waals surface area contributed by atoms with Crippen molar-refractivity contribution in [1.29, 1.82) is 0 Å². The van der Waals surface area contributed by atoms with Crippen LogP contribution in [0.25, 0.3) is 0 Å². The maximum atomic E-state index is 5.86. The smallest absolute Gasteiger partial charge is 0.130 e. The van der Waals surface area contributed by atoms with Crippen molar-refractivity contribution in [2.45, 2.75) is 19.9 Å². The van der Waals surface area contributed by atoms with Crippen molar-refractivity contribution in [3.8, 4) is 11.5 Å². The first-order valence-corrected chi connectivity index (χ1v) is 5.88. The molecule has 17 heavy (non-hydrogen) atoms. The fraction of sp³-hybridized carbons (Fsp3) is 0.200. The summed E-state index contributed by atoms with van der Waals surface area (Å²) >= 11 is 0. The van der Waals surface area contributed by atoms with Gasteiger partial charge in [-0.3, -0.25) is 0 Å². The molecule has 88 valence electrons. The molecule has 2 heteroatoms. The molecule has 0 spiro atoms. The number of ether oxygens (including phenoxy) is 1. The second kappa shape index (κ2) is 5.51. The van der Waals surface area contributed by atoms with Crippen LogP contribution in [0.3, 0.4) is 0 Å². The van der Waals surface area contributed by atoms with E-state index in [2.05, 4.69) is 13.0 Å². The third-order valence-electron chi connectivity index (χ3n) is 2.74. The standard InChI is InChI=1S/C15H17NO/c1-2-13-5-3-4-6-15(13)17-14-9-7-12(11-16)8-10-14/h3-10H,2,11,16H2,1H3. The third kappa shape index (κ3) is 2.86. The van der Waals surface area contributed by atoms with Crippen LogP contribution in [0.2, 0.25) is 0 Å². The number of rotatable bonds is 4. The quantitative estimate of drug-likeness (QED) is 0.867. The van der Waals surface area contributed by atoms with Gasteiger partial charge in [-0.15, -0.1) is 0 Å². The van der Waals surface area contributed by atoms with E-state index in [1.807, 2.05) is 42.5 Å². The Hall–Kier alpha value is -1.80. The Morgan fingerprint density at radius 1 is 1.00 bits per heavy atom. The summed E-state index contributed by atoms with van der Waals surface area (Å²) < 4.78 is 5.86. The van der Waals surface area contributed by atoms with Crippen LogP contribution in [-0.4, -0.2) is 0 Å². The van der Waals surface area contributed by atoms with E-state index < -0.39 is 0 Å². The second-order valence-corrected chi connectivity index (χ2v) is 3.91. The van der Waals surface area contributed by atoms with Crippen molar-refractivity contribution in [3.63, 3.8) is 0 Å². The van der Waals surface area contributed by atoms with Gasteiger partial charge in [-0.25, -0.2) is 0 Å². The third-order valence-corrected chi connectivity index (χ3v) is 2.74. The van der Waals surface area contributed by atoms with E-state index in [1.165, 1.54) is 5.56 Å². The van der Waals surface area contributed by atoms with Gasteiger partial charge in [0.25, 0.3) is 0 Å². The molecular weight excluding hydrogens is 210 g/mol. The van der Waals surface area contributed by atoms with E-state index in [0.29, 0.717) is 6.54 Å². The molecule has 2 aromatic carbocycles. The molecule has 0 saturated heterocycles. The Balaban J connectivity index is 2.19. The van der Waals surface area contributed by atoms with Gasteiger partial charge in [0.05, 0.1) is 0 Å². The summed E-state index contributed by atoms with van der Waals surface area (Å²) in [6.07, 6.45) is 0.969. The lowest BCUT2D eigenvalue weighted by Gasteiger charge is -2.10. The molecule has 0 radical (unpaired) electrons. The first kappa shape index (κ1) is 11.7. The monoisotopic (exact) mass is 227 g/mol. The second-order valence-electron chi connectivity index (χ2n) is 3.91. The highest BCUT2D eigenvalue weighted by molar-refractivity contribution is 5.38. The van der Waals surface area contributed by atoms with Gasteiger partial charge in [0.2, 0.25) is 0 Å². The molecule has 2 rings (SSSR count). The number of aryl methyl sites for hydroxylation is 1. The van der Waals surface area contributed by atoms with Crippen LogP contribution in [0.5, 0.6) is 11.5 Å². The van der Waals surface area contributed by atoms with Crippen molar-refractivity contribution in [1.82, 2.24) is 0 Å². The number of nitrogens with two attached hydrogens (primary N) is 1. The number of hydrogen-bond acceptors (Lipinski definition) is 2. The predicted molar refractivity (Wildman–Crippen MR) is 70.2 cm³/mol. The van der Waals surface area contributed by atoms with Crippen LogP contribution >= 0.6 is 0 Å². The SMILES string of the molecule is CCc1ccccc1Oc1ccc(CN)cc1. The molecule has 2 N–H and O–H groups in total. The Labute approximate surface area is 102 Å². The summed E-state index contributed by atoms with van der Waals surface area (Å²) in [5.41, 5.74) is 7.89. The Bertz CT molecular complexity index is 477. The fourth-order valence-corrected chi connectivity index (χ4v) is 1.72.